The predicted octanol–water partition coefficient (Wildman–Crippen LogP) is 4.63. The summed E-state index contributed by atoms with van der Waals surface area (Å²) in [4.78, 5) is 13.1. The standard InChI is InChI=1S/C29H31N5O2/c1-4-10-20(2)32-25(35)22-15-23(17-24(16-22)29(19-30)13-8-9-14-29)26-33-34-27(36-26)28(3,31)18-21-11-6-5-7-12-21/h5-7,11-12,15-17,20H,8-9,13-14,18,31H2,1-3H3,(H,32,35)/t20-,28-/m1/s1. The van der Waals surface area contributed by atoms with Crippen LogP contribution in [0.3, 0.4) is 0 Å². The van der Waals surface area contributed by atoms with Gasteiger partial charge in [0.1, 0.15) is 0 Å². The lowest BCUT2D eigenvalue weighted by molar-refractivity contribution is 0.0948. The molecule has 184 valence electrons. The Kier molecular flexibility index (Phi) is 7.24. The molecule has 3 aromatic rings. The highest BCUT2D eigenvalue weighted by molar-refractivity contribution is 5.96. The van der Waals surface area contributed by atoms with Gasteiger partial charge in [-0.15, -0.1) is 16.1 Å². The minimum atomic E-state index is -0.877. The molecule has 1 heterocycles. The van der Waals surface area contributed by atoms with Crippen LogP contribution < -0.4 is 11.1 Å². The lowest BCUT2D eigenvalue weighted by Gasteiger charge is -2.22. The average molecular weight is 482 g/mol. The lowest BCUT2D eigenvalue weighted by Crippen LogP contribution is -2.35. The number of hydrogen-bond donors (Lipinski definition) is 2. The van der Waals surface area contributed by atoms with E-state index in [1.54, 1.807) is 19.1 Å². The number of carbonyl (C=O) groups is 1. The van der Waals surface area contributed by atoms with Crippen LogP contribution >= 0.6 is 0 Å². The van der Waals surface area contributed by atoms with E-state index in [1.807, 2.05) is 50.2 Å². The summed E-state index contributed by atoms with van der Waals surface area (Å²) in [6.07, 6.45) is 3.96. The highest BCUT2D eigenvalue weighted by Gasteiger charge is 2.37. The number of nitrogens with two attached hydrogens (primary N) is 1. The topological polar surface area (TPSA) is 118 Å². The average Bonchev–Trinajstić information content (AvgIpc) is 3.56. The number of hydrogen-bond acceptors (Lipinski definition) is 6. The van der Waals surface area contributed by atoms with Crippen molar-refractivity contribution in [2.75, 3.05) is 0 Å². The van der Waals surface area contributed by atoms with Gasteiger partial charge >= 0.3 is 0 Å². The lowest BCUT2D eigenvalue weighted by atomic mass is 9.79. The Labute approximate surface area is 212 Å². The third kappa shape index (κ3) is 5.32. The second kappa shape index (κ2) is 10.4. The molecule has 1 amide bonds. The predicted molar refractivity (Wildman–Crippen MR) is 138 cm³/mol. The van der Waals surface area contributed by atoms with E-state index in [0.29, 0.717) is 23.4 Å². The molecule has 0 radical (unpaired) electrons. The van der Waals surface area contributed by atoms with Gasteiger partial charge in [0.05, 0.1) is 23.1 Å². The first-order valence-corrected chi connectivity index (χ1v) is 12.2. The van der Waals surface area contributed by atoms with Gasteiger partial charge in [0.25, 0.3) is 5.91 Å². The van der Waals surface area contributed by atoms with Gasteiger partial charge in [0.15, 0.2) is 0 Å². The maximum atomic E-state index is 13.1. The Balaban J connectivity index is 1.72. The molecule has 1 aromatic heterocycles. The molecule has 1 saturated carbocycles. The van der Waals surface area contributed by atoms with Crippen molar-refractivity contribution in [3.63, 3.8) is 0 Å². The first-order valence-electron chi connectivity index (χ1n) is 12.2. The Morgan fingerprint density at radius 3 is 2.61 bits per heavy atom. The first-order chi connectivity index (χ1) is 17.3. The van der Waals surface area contributed by atoms with E-state index in [2.05, 4.69) is 33.4 Å². The molecular formula is C29H31N5O2. The fraction of sp³-hybridized carbons (Fsp3) is 0.379. The molecule has 1 fully saturated rings. The number of nitrogens with zero attached hydrogens (tertiary/aromatic N) is 3. The van der Waals surface area contributed by atoms with Gasteiger partial charge in [-0.05, 0) is 69.4 Å². The number of nitrogens with one attached hydrogen (secondary N) is 1. The number of aromatic nitrogens is 2. The van der Waals surface area contributed by atoms with Gasteiger partial charge in [0, 0.05) is 11.1 Å². The first kappa shape index (κ1) is 25.2. The molecule has 7 heteroatoms. The van der Waals surface area contributed by atoms with Gasteiger partial charge in [-0.3, -0.25) is 4.79 Å². The molecule has 2 atom stereocenters. The van der Waals surface area contributed by atoms with Crippen LogP contribution in [0.25, 0.3) is 11.5 Å². The van der Waals surface area contributed by atoms with Crippen molar-refractivity contribution in [1.82, 2.24) is 15.5 Å². The normalized spacial score (nSPS) is 16.8. The fourth-order valence-corrected chi connectivity index (χ4v) is 4.80. The van der Waals surface area contributed by atoms with Gasteiger partial charge in [-0.25, -0.2) is 0 Å². The SMILES string of the molecule is CC#C[C@@H](C)NC(=O)c1cc(-c2nnc([C@](C)(N)Cc3ccccc3)o2)cc(C2(C#N)CCCC2)c1. The summed E-state index contributed by atoms with van der Waals surface area (Å²) in [6, 6.07) is 17.5. The van der Waals surface area contributed by atoms with Crippen LogP contribution in [0.5, 0.6) is 0 Å². The third-order valence-corrected chi connectivity index (χ3v) is 6.70. The number of rotatable bonds is 7. The summed E-state index contributed by atoms with van der Waals surface area (Å²) in [5.41, 5.74) is 7.92. The van der Waals surface area contributed by atoms with Crippen molar-refractivity contribution in [2.45, 2.75) is 69.9 Å². The van der Waals surface area contributed by atoms with E-state index in [1.165, 1.54) is 0 Å². The molecule has 3 N–H and O–H groups in total. The van der Waals surface area contributed by atoms with Gasteiger partial charge in [-0.1, -0.05) is 49.1 Å². The maximum Gasteiger partial charge on any atom is 0.252 e. The zero-order valence-electron chi connectivity index (χ0n) is 21.0. The second-order valence-electron chi connectivity index (χ2n) is 9.78. The minimum Gasteiger partial charge on any atom is -0.419 e. The summed E-state index contributed by atoms with van der Waals surface area (Å²) >= 11 is 0. The summed E-state index contributed by atoms with van der Waals surface area (Å²) in [6.45, 7) is 5.41. The van der Waals surface area contributed by atoms with Gasteiger partial charge < -0.3 is 15.5 Å². The highest BCUT2D eigenvalue weighted by atomic mass is 16.4. The molecule has 0 bridgehead atoms. The van der Waals surface area contributed by atoms with Gasteiger partial charge in [0.2, 0.25) is 11.8 Å². The number of benzene rings is 2. The molecular weight excluding hydrogens is 450 g/mol. The van der Waals surface area contributed by atoms with Crippen molar-refractivity contribution < 1.29 is 9.21 Å². The smallest absolute Gasteiger partial charge is 0.252 e. The maximum absolute atomic E-state index is 13.1. The zero-order valence-corrected chi connectivity index (χ0v) is 21.0. The van der Waals surface area contributed by atoms with Crippen LogP contribution in [0.1, 0.15) is 73.8 Å². The third-order valence-electron chi connectivity index (χ3n) is 6.70. The summed E-state index contributed by atoms with van der Waals surface area (Å²) < 4.78 is 6.06. The van der Waals surface area contributed by atoms with Gasteiger partial charge in [-0.2, -0.15) is 5.26 Å². The minimum absolute atomic E-state index is 0.262. The molecule has 1 aliphatic carbocycles. The number of carbonyl (C=O) groups excluding carboxylic acids is 1. The van der Waals surface area contributed by atoms with Crippen molar-refractivity contribution in [3.8, 4) is 29.4 Å². The van der Waals surface area contributed by atoms with E-state index in [0.717, 1.165) is 36.8 Å². The number of nitriles is 1. The second-order valence-corrected chi connectivity index (χ2v) is 9.78. The van der Waals surface area contributed by atoms with Crippen LogP contribution in [0, 0.1) is 23.2 Å². The van der Waals surface area contributed by atoms with E-state index < -0.39 is 11.0 Å². The molecule has 36 heavy (non-hydrogen) atoms. The quantitative estimate of drug-likeness (QED) is 0.475. The Morgan fingerprint density at radius 2 is 1.94 bits per heavy atom. The fourth-order valence-electron chi connectivity index (χ4n) is 4.80. The Morgan fingerprint density at radius 1 is 1.22 bits per heavy atom. The van der Waals surface area contributed by atoms with E-state index >= 15 is 0 Å². The number of amides is 1. The van der Waals surface area contributed by atoms with Crippen molar-refractivity contribution in [3.05, 3.63) is 71.1 Å². The molecule has 0 aliphatic heterocycles. The van der Waals surface area contributed by atoms with Crippen LogP contribution in [-0.2, 0) is 17.4 Å². The molecule has 4 rings (SSSR count). The van der Waals surface area contributed by atoms with Crippen molar-refractivity contribution >= 4 is 5.91 Å². The van der Waals surface area contributed by atoms with Crippen molar-refractivity contribution in [2.24, 2.45) is 5.73 Å². The van der Waals surface area contributed by atoms with E-state index in [9.17, 15) is 10.1 Å². The summed E-state index contributed by atoms with van der Waals surface area (Å²) in [5.74, 6) is 6.04. The molecule has 0 saturated heterocycles. The highest BCUT2D eigenvalue weighted by Crippen LogP contribution is 2.42. The molecule has 1 aliphatic rings. The molecule has 0 spiro atoms. The largest absolute Gasteiger partial charge is 0.419 e. The van der Waals surface area contributed by atoms with E-state index in [4.69, 9.17) is 10.2 Å². The van der Waals surface area contributed by atoms with E-state index in [-0.39, 0.29) is 17.8 Å². The summed E-state index contributed by atoms with van der Waals surface area (Å²) in [7, 11) is 0. The monoisotopic (exact) mass is 481 g/mol. The van der Waals surface area contributed by atoms with Crippen LogP contribution in [0.15, 0.2) is 52.9 Å². The summed E-state index contributed by atoms with van der Waals surface area (Å²) in [5, 5.41) is 21.5. The Bertz CT molecular complexity index is 1340. The van der Waals surface area contributed by atoms with Crippen molar-refractivity contribution in [1.29, 1.82) is 5.26 Å². The zero-order chi connectivity index (χ0) is 25.8. The molecule has 0 unspecified atom stereocenters. The molecule has 7 nitrogen and oxygen atoms in total. The van der Waals surface area contributed by atoms with Crippen LogP contribution in [-0.4, -0.2) is 22.1 Å². The van der Waals surface area contributed by atoms with Crippen LogP contribution in [0.2, 0.25) is 0 Å². The Hall–Kier alpha value is -3.94. The van der Waals surface area contributed by atoms with Crippen LogP contribution in [0.4, 0.5) is 0 Å². The molecule has 2 aromatic carbocycles.